The van der Waals surface area contributed by atoms with E-state index >= 15 is 0 Å². The number of rotatable bonds is 4. The Hall–Kier alpha value is -2.08. The van der Waals surface area contributed by atoms with Gasteiger partial charge in [-0.3, -0.25) is 4.98 Å². The highest BCUT2D eigenvalue weighted by Gasteiger charge is 2.08. The molecule has 0 spiro atoms. The molecule has 18 heavy (non-hydrogen) atoms. The van der Waals surface area contributed by atoms with Crippen molar-refractivity contribution in [3.63, 3.8) is 0 Å². The molecule has 2 aromatic rings. The van der Waals surface area contributed by atoms with Crippen molar-refractivity contribution in [2.75, 3.05) is 11.9 Å². The van der Waals surface area contributed by atoms with Gasteiger partial charge in [-0.2, -0.15) is 5.26 Å². The zero-order valence-corrected chi connectivity index (χ0v) is 10.8. The molecule has 0 aliphatic rings. The third-order valence-electron chi connectivity index (χ3n) is 3.22. The summed E-state index contributed by atoms with van der Waals surface area (Å²) < 4.78 is 0. The third-order valence-corrected chi connectivity index (χ3v) is 3.22. The predicted molar refractivity (Wildman–Crippen MR) is 74.4 cm³/mol. The zero-order valence-electron chi connectivity index (χ0n) is 10.8. The summed E-state index contributed by atoms with van der Waals surface area (Å²) >= 11 is 0. The number of benzene rings is 1. The number of aromatic nitrogens is 1. The number of nitrogens with zero attached hydrogens (tertiary/aromatic N) is 2. The number of hydrogen-bond donors (Lipinski definition) is 1. The minimum Gasteiger partial charge on any atom is -0.383 e. The SMILES string of the molecule is CCC(C)CNc1c(C#N)cnc2ccccc12. The molecule has 0 aliphatic heterocycles. The highest BCUT2D eigenvalue weighted by Crippen LogP contribution is 2.25. The Morgan fingerprint density at radius 3 is 2.89 bits per heavy atom. The van der Waals surface area contributed by atoms with E-state index in [9.17, 15) is 5.26 Å². The largest absolute Gasteiger partial charge is 0.383 e. The normalized spacial score (nSPS) is 12.1. The molecule has 0 saturated heterocycles. The minimum absolute atomic E-state index is 0.587. The molecule has 92 valence electrons. The van der Waals surface area contributed by atoms with Crippen LogP contribution < -0.4 is 5.32 Å². The Bertz CT molecular complexity index is 584. The van der Waals surface area contributed by atoms with E-state index in [2.05, 4.69) is 30.2 Å². The molecule has 1 atom stereocenters. The lowest BCUT2D eigenvalue weighted by Crippen LogP contribution is -2.11. The fourth-order valence-corrected chi connectivity index (χ4v) is 1.84. The number of anilines is 1. The molecule has 0 amide bonds. The van der Waals surface area contributed by atoms with Gasteiger partial charge in [0.1, 0.15) is 6.07 Å². The number of para-hydroxylation sites is 1. The molecule has 0 saturated carbocycles. The number of hydrogen-bond acceptors (Lipinski definition) is 3. The maximum atomic E-state index is 9.17. The number of pyridine rings is 1. The molecule has 1 unspecified atom stereocenters. The third kappa shape index (κ3) is 2.43. The summed E-state index contributed by atoms with van der Waals surface area (Å²) in [6.07, 6.45) is 2.76. The van der Waals surface area contributed by atoms with Gasteiger partial charge in [0.05, 0.1) is 16.8 Å². The van der Waals surface area contributed by atoms with Gasteiger partial charge < -0.3 is 5.32 Å². The predicted octanol–water partition coefficient (Wildman–Crippen LogP) is 3.56. The molecule has 0 aliphatic carbocycles. The van der Waals surface area contributed by atoms with Crippen LogP contribution in [0.4, 0.5) is 5.69 Å². The fraction of sp³-hybridized carbons (Fsp3) is 0.333. The number of nitrogens with one attached hydrogen (secondary N) is 1. The van der Waals surface area contributed by atoms with E-state index in [1.165, 1.54) is 0 Å². The van der Waals surface area contributed by atoms with Gasteiger partial charge in [-0.25, -0.2) is 0 Å². The lowest BCUT2D eigenvalue weighted by molar-refractivity contribution is 0.593. The molecule has 0 radical (unpaired) electrons. The maximum Gasteiger partial charge on any atom is 0.103 e. The molecule has 3 nitrogen and oxygen atoms in total. The van der Waals surface area contributed by atoms with Crippen molar-refractivity contribution in [2.24, 2.45) is 5.92 Å². The van der Waals surface area contributed by atoms with Crippen LogP contribution in [0, 0.1) is 17.2 Å². The van der Waals surface area contributed by atoms with E-state index < -0.39 is 0 Å². The van der Waals surface area contributed by atoms with Crippen molar-refractivity contribution in [1.29, 1.82) is 5.26 Å². The monoisotopic (exact) mass is 239 g/mol. The second-order valence-electron chi connectivity index (χ2n) is 4.57. The van der Waals surface area contributed by atoms with Crippen molar-refractivity contribution in [1.82, 2.24) is 4.98 Å². The second kappa shape index (κ2) is 5.50. The quantitative estimate of drug-likeness (QED) is 0.887. The van der Waals surface area contributed by atoms with Gasteiger partial charge in [0.25, 0.3) is 0 Å². The summed E-state index contributed by atoms with van der Waals surface area (Å²) in [6.45, 7) is 5.24. The fourth-order valence-electron chi connectivity index (χ4n) is 1.84. The first-order chi connectivity index (χ1) is 8.76. The Balaban J connectivity index is 2.42. The number of nitriles is 1. The first-order valence-corrected chi connectivity index (χ1v) is 6.28. The average Bonchev–Trinajstić information content (AvgIpc) is 2.44. The van der Waals surface area contributed by atoms with Gasteiger partial charge in [0.15, 0.2) is 0 Å². The van der Waals surface area contributed by atoms with Crippen molar-refractivity contribution in [3.05, 3.63) is 36.0 Å². The summed E-state index contributed by atoms with van der Waals surface area (Å²) in [7, 11) is 0. The topological polar surface area (TPSA) is 48.7 Å². The molecular weight excluding hydrogens is 222 g/mol. The smallest absolute Gasteiger partial charge is 0.103 e. The molecule has 1 N–H and O–H groups in total. The van der Waals surface area contributed by atoms with Crippen LogP contribution in [0.2, 0.25) is 0 Å². The van der Waals surface area contributed by atoms with Gasteiger partial charge in [-0.15, -0.1) is 0 Å². The van der Waals surface area contributed by atoms with E-state index in [1.807, 2.05) is 24.3 Å². The summed E-state index contributed by atoms with van der Waals surface area (Å²) in [5, 5.41) is 13.6. The van der Waals surface area contributed by atoms with Crippen molar-refractivity contribution in [2.45, 2.75) is 20.3 Å². The molecule has 1 aromatic carbocycles. The molecular formula is C15H17N3. The molecule has 1 heterocycles. The molecule has 1 aromatic heterocycles. The van der Waals surface area contributed by atoms with Crippen molar-refractivity contribution >= 4 is 16.6 Å². The first kappa shape index (κ1) is 12.4. The second-order valence-corrected chi connectivity index (χ2v) is 4.57. The van der Waals surface area contributed by atoms with Gasteiger partial charge in [-0.05, 0) is 12.0 Å². The van der Waals surface area contributed by atoms with E-state index in [-0.39, 0.29) is 0 Å². The Morgan fingerprint density at radius 1 is 1.39 bits per heavy atom. The molecule has 0 fully saturated rings. The first-order valence-electron chi connectivity index (χ1n) is 6.28. The van der Waals surface area contributed by atoms with E-state index in [0.29, 0.717) is 11.5 Å². The minimum atomic E-state index is 0.587. The van der Waals surface area contributed by atoms with Gasteiger partial charge >= 0.3 is 0 Å². The van der Waals surface area contributed by atoms with Gasteiger partial charge in [0.2, 0.25) is 0 Å². The van der Waals surface area contributed by atoms with Crippen LogP contribution in [-0.2, 0) is 0 Å². The van der Waals surface area contributed by atoms with Crippen molar-refractivity contribution in [3.8, 4) is 6.07 Å². The number of fused-ring (bicyclic) bond motifs is 1. The molecule has 2 rings (SSSR count). The Labute approximate surface area is 107 Å². The zero-order chi connectivity index (χ0) is 13.0. The van der Waals surface area contributed by atoms with Crippen LogP contribution >= 0.6 is 0 Å². The van der Waals surface area contributed by atoms with Crippen LogP contribution in [-0.4, -0.2) is 11.5 Å². The maximum absolute atomic E-state index is 9.17. The Kier molecular flexibility index (Phi) is 3.78. The molecule has 3 heteroatoms. The van der Waals surface area contributed by atoms with Gasteiger partial charge in [-0.1, -0.05) is 38.5 Å². The highest BCUT2D eigenvalue weighted by molar-refractivity contribution is 5.93. The van der Waals surface area contributed by atoms with Gasteiger partial charge in [0, 0.05) is 18.1 Å². The van der Waals surface area contributed by atoms with Crippen LogP contribution in [0.25, 0.3) is 10.9 Å². The lowest BCUT2D eigenvalue weighted by Gasteiger charge is -2.14. The van der Waals surface area contributed by atoms with Crippen LogP contribution in [0.1, 0.15) is 25.8 Å². The lowest BCUT2D eigenvalue weighted by atomic mass is 10.1. The highest BCUT2D eigenvalue weighted by atomic mass is 14.9. The van der Waals surface area contributed by atoms with Crippen molar-refractivity contribution < 1.29 is 0 Å². The van der Waals surface area contributed by atoms with Crippen LogP contribution in [0.5, 0.6) is 0 Å². The van der Waals surface area contributed by atoms with Crippen LogP contribution in [0.3, 0.4) is 0 Å². The Morgan fingerprint density at radius 2 is 2.17 bits per heavy atom. The standard InChI is InChI=1S/C15H17N3/c1-3-11(2)9-18-15-12(8-16)10-17-14-7-5-4-6-13(14)15/h4-7,10-11H,3,9H2,1-2H3,(H,17,18). The van der Waals surface area contributed by atoms with E-state index in [0.717, 1.165) is 29.6 Å². The van der Waals surface area contributed by atoms with Crippen LogP contribution in [0.15, 0.2) is 30.5 Å². The summed E-state index contributed by atoms with van der Waals surface area (Å²) in [5.41, 5.74) is 2.43. The molecule has 0 bridgehead atoms. The van der Waals surface area contributed by atoms with E-state index in [4.69, 9.17) is 0 Å². The summed E-state index contributed by atoms with van der Waals surface area (Å²) in [5.74, 6) is 0.587. The summed E-state index contributed by atoms with van der Waals surface area (Å²) in [4.78, 5) is 4.30. The summed E-state index contributed by atoms with van der Waals surface area (Å²) in [6, 6.07) is 10.1. The van der Waals surface area contributed by atoms with E-state index in [1.54, 1.807) is 6.20 Å². The average molecular weight is 239 g/mol.